The first kappa shape index (κ1) is 22.5. The van der Waals surface area contributed by atoms with Crippen LogP contribution < -0.4 is 24.4 Å². The molecule has 8 heteroatoms. The van der Waals surface area contributed by atoms with Crippen LogP contribution in [0.3, 0.4) is 0 Å². The van der Waals surface area contributed by atoms with Gasteiger partial charge < -0.3 is 24.4 Å². The Bertz CT molecular complexity index is 1110. The Morgan fingerprint density at radius 3 is 2.55 bits per heavy atom. The monoisotopic (exact) mass is 466 g/mol. The van der Waals surface area contributed by atoms with Crippen LogP contribution in [0.5, 0.6) is 17.2 Å². The number of carbonyl (C=O) groups is 2. The second kappa shape index (κ2) is 10.7. The van der Waals surface area contributed by atoms with Crippen molar-refractivity contribution < 1.29 is 23.8 Å². The molecule has 1 aliphatic rings. The number of nitrogens with zero attached hydrogens (tertiary/aromatic N) is 1. The van der Waals surface area contributed by atoms with Crippen molar-refractivity contribution in [1.29, 1.82) is 0 Å². The standard InChI is InChI=1S/C25H23ClN2O5/c26-18-7-10-21(11-8-18)32-16-24(29)27-19-9-12-23-22(15-19)28(25(30)17-33-23)13-4-14-31-20-5-2-1-3-6-20/h1-3,5-12,15H,4,13-14,16-17H2,(H,27,29). The van der Waals surface area contributed by atoms with Gasteiger partial charge in [0.1, 0.15) is 17.2 Å². The van der Waals surface area contributed by atoms with E-state index in [4.69, 9.17) is 25.8 Å². The third kappa shape index (κ3) is 6.17. The molecule has 1 aliphatic heterocycles. The summed E-state index contributed by atoms with van der Waals surface area (Å²) >= 11 is 5.85. The zero-order valence-corrected chi connectivity index (χ0v) is 18.6. The fraction of sp³-hybridized carbons (Fsp3) is 0.200. The summed E-state index contributed by atoms with van der Waals surface area (Å²) in [5.41, 5.74) is 1.16. The van der Waals surface area contributed by atoms with Crippen LogP contribution in [0.25, 0.3) is 0 Å². The van der Waals surface area contributed by atoms with Crippen LogP contribution in [0.1, 0.15) is 6.42 Å². The molecule has 2 amide bonds. The van der Waals surface area contributed by atoms with E-state index in [2.05, 4.69) is 5.32 Å². The number of rotatable bonds is 9. The van der Waals surface area contributed by atoms with Crippen molar-refractivity contribution in [3.8, 4) is 17.2 Å². The van der Waals surface area contributed by atoms with Gasteiger partial charge in [0.25, 0.3) is 11.8 Å². The van der Waals surface area contributed by atoms with Gasteiger partial charge in [0.15, 0.2) is 13.2 Å². The number of anilines is 2. The highest BCUT2D eigenvalue weighted by Gasteiger charge is 2.25. The van der Waals surface area contributed by atoms with Crippen molar-refractivity contribution in [3.63, 3.8) is 0 Å². The number of nitrogens with one attached hydrogen (secondary N) is 1. The summed E-state index contributed by atoms with van der Waals surface area (Å²) in [4.78, 5) is 26.5. The Balaban J connectivity index is 1.34. The van der Waals surface area contributed by atoms with Crippen molar-refractivity contribution in [2.45, 2.75) is 6.42 Å². The summed E-state index contributed by atoms with van der Waals surface area (Å²) < 4.78 is 16.7. The molecule has 0 atom stereocenters. The van der Waals surface area contributed by atoms with Gasteiger partial charge in [-0.2, -0.15) is 0 Å². The second-order valence-electron chi connectivity index (χ2n) is 7.32. The lowest BCUT2D eigenvalue weighted by molar-refractivity contribution is -0.121. The fourth-order valence-corrected chi connectivity index (χ4v) is 3.46. The number of hydrogen-bond acceptors (Lipinski definition) is 5. The molecule has 0 spiro atoms. The van der Waals surface area contributed by atoms with Gasteiger partial charge in [-0.05, 0) is 61.0 Å². The molecule has 33 heavy (non-hydrogen) atoms. The molecule has 3 aromatic carbocycles. The molecule has 0 fully saturated rings. The predicted molar refractivity (Wildman–Crippen MR) is 126 cm³/mol. The molecule has 4 rings (SSSR count). The highest BCUT2D eigenvalue weighted by molar-refractivity contribution is 6.30. The lowest BCUT2D eigenvalue weighted by Gasteiger charge is -2.29. The number of para-hydroxylation sites is 1. The van der Waals surface area contributed by atoms with E-state index in [0.29, 0.717) is 47.5 Å². The summed E-state index contributed by atoms with van der Waals surface area (Å²) in [7, 11) is 0. The highest BCUT2D eigenvalue weighted by atomic mass is 35.5. The maximum absolute atomic E-state index is 12.5. The quantitative estimate of drug-likeness (QED) is 0.468. The van der Waals surface area contributed by atoms with Crippen molar-refractivity contribution >= 4 is 34.8 Å². The summed E-state index contributed by atoms with van der Waals surface area (Å²) in [6.45, 7) is 0.767. The summed E-state index contributed by atoms with van der Waals surface area (Å²) in [5, 5.41) is 3.38. The number of benzene rings is 3. The number of carbonyl (C=O) groups excluding carboxylic acids is 2. The largest absolute Gasteiger partial charge is 0.494 e. The predicted octanol–water partition coefficient (Wildman–Crippen LogP) is 4.55. The molecule has 1 heterocycles. The Morgan fingerprint density at radius 1 is 1.00 bits per heavy atom. The zero-order chi connectivity index (χ0) is 23.0. The Hall–Kier alpha value is -3.71. The van der Waals surface area contributed by atoms with Gasteiger partial charge in [-0.1, -0.05) is 29.8 Å². The van der Waals surface area contributed by atoms with Crippen LogP contribution in [0.2, 0.25) is 5.02 Å². The zero-order valence-electron chi connectivity index (χ0n) is 17.8. The Labute approximate surface area is 196 Å². The van der Waals surface area contributed by atoms with Gasteiger partial charge in [0, 0.05) is 17.3 Å². The minimum Gasteiger partial charge on any atom is -0.494 e. The molecule has 0 aliphatic carbocycles. The van der Waals surface area contributed by atoms with Crippen LogP contribution in [0, 0.1) is 0 Å². The number of halogens is 1. The number of hydrogen-bond donors (Lipinski definition) is 1. The fourth-order valence-electron chi connectivity index (χ4n) is 3.33. The molecule has 0 bridgehead atoms. The molecule has 170 valence electrons. The van der Waals surface area contributed by atoms with E-state index < -0.39 is 0 Å². The summed E-state index contributed by atoms with van der Waals surface area (Å²) in [6.07, 6.45) is 0.644. The maximum atomic E-state index is 12.5. The minimum absolute atomic E-state index is 0.0207. The van der Waals surface area contributed by atoms with E-state index in [1.807, 2.05) is 30.3 Å². The smallest absolute Gasteiger partial charge is 0.265 e. The third-order valence-corrected chi connectivity index (χ3v) is 5.16. The van der Waals surface area contributed by atoms with Gasteiger partial charge in [-0.25, -0.2) is 0 Å². The number of ether oxygens (including phenoxy) is 3. The third-order valence-electron chi connectivity index (χ3n) is 4.91. The molecule has 0 saturated carbocycles. The molecule has 0 unspecified atom stereocenters. The van der Waals surface area contributed by atoms with Gasteiger partial charge >= 0.3 is 0 Å². The SMILES string of the molecule is O=C(COc1ccc(Cl)cc1)Nc1ccc2c(c1)N(CCCOc1ccccc1)C(=O)CO2. The highest BCUT2D eigenvalue weighted by Crippen LogP contribution is 2.34. The van der Waals surface area contributed by atoms with Crippen molar-refractivity contribution in [3.05, 3.63) is 77.8 Å². The first-order valence-corrected chi connectivity index (χ1v) is 10.9. The van der Waals surface area contributed by atoms with Crippen LogP contribution in [-0.2, 0) is 9.59 Å². The molecule has 1 N–H and O–H groups in total. The van der Waals surface area contributed by atoms with Crippen molar-refractivity contribution in [2.75, 3.05) is 36.6 Å². The summed E-state index contributed by atoms with van der Waals surface area (Å²) in [6, 6.07) is 21.5. The summed E-state index contributed by atoms with van der Waals surface area (Å²) in [5.74, 6) is 1.46. The first-order chi connectivity index (χ1) is 16.1. The molecule has 7 nitrogen and oxygen atoms in total. The van der Waals surface area contributed by atoms with E-state index >= 15 is 0 Å². The van der Waals surface area contributed by atoms with Gasteiger partial charge in [-0.15, -0.1) is 0 Å². The Morgan fingerprint density at radius 2 is 1.76 bits per heavy atom. The topological polar surface area (TPSA) is 77.1 Å². The average molecular weight is 467 g/mol. The van der Waals surface area contributed by atoms with Gasteiger partial charge in [-0.3, -0.25) is 9.59 Å². The van der Waals surface area contributed by atoms with Crippen LogP contribution in [0.15, 0.2) is 72.8 Å². The van der Waals surface area contributed by atoms with Crippen molar-refractivity contribution in [1.82, 2.24) is 0 Å². The first-order valence-electron chi connectivity index (χ1n) is 10.5. The van der Waals surface area contributed by atoms with E-state index in [9.17, 15) is 9.59 Å². The van der Waals surface area contributed by atoms with E-state index in [1.54, 1.807) is 47.4 Å². The number of fused-ring (bicyclic) bond motifs is 1. The normalized spacial score (nSPS) is 12.5. The molecule has 3 aromatic rings. The lowest BCUT2D eigenvalue weighted by atomic mass is 10.2. The molecule has 0 radical (unpaired) electrons. The van der Waals surface area contributed by atoms with Crippen LogP contribution >= 0.6 is 11.6 Å². The van der Waals surface area contributed by atoms with E-state index in [-0.39, 0.29) is 25.0 Å². The number of amides is 2. The van der Waals surface area contributed by atoms with Crippen LogP contribution in [0.4, 0.5) is 11.4 Å². The van der Waals surface area contributed by atoms with Crippen molar-refractivity contribution in [2.24, 2.45) is 0 Å². The molecular weight excluding hydrogens is 444 g/mol. The lowest BCUT2D eigenvalue weighted by Crippen LogP contribution is -2.39. The molecule has 0 aromatic heterocycles. The Kier molecular flexibility index (Phi) is 7.32. The second-order valence-corrected chi connectivity index (χ2v) is 7.76. The minimum atomic E-state index is -0.323. The molecular formula is C25H23ClN2O5. The maximum Gasteiger partial charge on any atom is 0.265 e. The average Bonchev–Trinajstić information content (AvgIpc) is 2.83. The van der Waals surface area contributed by atoms with Gasteiger partial charge in [0.2, 0.25) is 0 Å². The van der Waals surface area contributed by atoms with E-state index in [1.165, 1.54) is 0 Å². The van der Waals surface area contributed by atoms with Crippen LogP contribution in [-0.4, -0.2) is 38.2 Å². The van der Waals surface area contributed by atoms with E-state index in [0.717, 1.165) is 5.75 Å². The molecule has 0 saturated heterocycles. The van der Waals surface area contributed by atoms with Gasteiger partial charge in [0.05, 0.1) is 12.3 Å².